The summed E-state index contributed by atoms with van der Waals surface area (Å²) in [6, 6.07) is 2.95. The summed E-state index contributed by atoms with van der Waals surface area (Å²) in [5.41, 5.74) is -2.29. The molecule has 0 unspecified atom stereocenters. The number of halogens is 1. The molecule has 0 radical (unpaired) electrons. The fourth-order valence-electron chi connectivity index (χ4n) is 4.59. The maximum Gasteiger partial charge on any atom is 0.408 e. The SMILES string of the molecule is CC(C)(C)OC(=O)NC1([C@@H]2CCN(c3c(F)cc4c(=O)c(C(=O)O)c[nH]c4c3C#N)C2)CC1. The van der Waals surface area contributed by atoms with Crippen LogP contribution in [0.3, 0.4) is 0 Å². The molecule has 2 aliphatic rings. The third-order valence-electron chi connectivity index (χ3n) is 6.27. The molecule has 1 aliphatic heterocycles. The smallest absolute Gasteiger partial charge is 0.408 e. The molecule has 4 rings (SSSR count). The third-order valence-corrected chi connectivity index (χ3v) is 6.27. The molecule has 3 N–H and O–H groups in total. The van der Waals surface area contributed by atoms with Gasteiger partial charge in [0.15, 0.2) is 0 Å². The standard InChI is InChI=1S/C23H25FN4O5/c1-22(2,3)33-21(32)27-23(5-6-23)12-4-7-28(11-12)18-14(9-25)17-13(8-16(18)24)19(29)15(10-26-17)20(30)31/h8,10,12H,4-7,11H2,1-3H3,(H,26,29)(H,27,32)(H,30,31)/t12-/m1/s1. The molecule has 33 heavy (non-hydrogen) atoms. The first-order valence-corrected chi connectivity index (χ1v) is 10.7. The van der Waals surface area contributed by atoms with E-state index in [0.29, 0.717) is 19.5 Å². The minimum Gasteiger partial charge on any atom is -0.477 e. The van der Waals surface area contributed by atoms with Crippen molar-refractivity contribution in [2.45, 2.75) is 51.2 Å². The first kappa shape index (κ1) is 22.6. The Hall–Kier alpha value is -3.61. The van der Waals surface area contributed by atoms with Crippen LogP contribution in [0.1, 0.15) is 56.0 Å². The van der Waals surface area contributed by atoms with Gasteiger partial charge in [-0.05, 0) is 46.1 Å². The first-order valence-electron chi connectivity index (χ1n) is 10.7. The minimum absolute atomic E-state index is 0.0418. The zero-order chi connectivity index (χ0) is 24.1. The molecule has 0 bridgehead atoms. The number of amides is 1. The summed E-state index contributed by atoms with van der Waals surface area (Å²) in [4.78, 5) is 40.5. The van der Waals surface area contributed by atoms with Crippen LogP contribution in [0, 0.1) is 23.1 Å². The number of pyridine rings is 1. The van der Waals surface area contributed by atoms with Crippen LogP contribution in [0.2, 0.25) is 0 Å². The molecule has 9 nitrogen and oxygen atoms in total. The molecule has 1 aromatic carbocycles. The number of nitriles is 1. The lowest BCUT2D eigenvalue weighted by Gasteiger charge is -2.28. The molecule has 2 heterocycles. The molecule has 2 fully saturated rings. The highest BCUT2D eigenvalue weighted by atomic mass is 19.1. The number of anilines is 1. The zero-order valence-corrected chi connectivity index (χ0v) is 18.6. The Kier molecular flexibility index (Phi) is 5.31. The van der Waals surface area contributed by atoms with Gasteiger partial charge in [0.2, 0.25) is 5.43 Å². The van der Waals surface area contributed by atoms with Crippen molar-refractivity contribution in [1.29, 1.82) is 5.26 Å². The van der Waals surface area contributed by atoms with Gasteiger partial charge in [-0.15, -0.1) is 0 Å². The van der Waals surface area contributed by atoms with E-state index in [1.54, 1.807) is 25.7 Å². The Bertz CT molecular complexity index is 1250. The van der Waals surface area contributed by atoms with Gasteiger partial charge in [0.05, 0.1) is 16.6 Å². The summed E-state index contributed by atoms with van der Waals surface area (Å²) in [5.74, 6) is -2.16. The van der Waals surface area contributed by atoms with Crippen molar-refractivity contribution in [1.82, 2.24) is 10.3 Å². The van der Waals surface area contributed by atoms with Crippen LogP contribution in [0.15, 0.2) is 17.1 Å². The molecule has 1 saturated carbocycles. The monoisotopic (exact) mass is 456 g/mol. The number of hydrogen-bond acceptors (Lipinski definition) is 6. The second-order valence-electron chi connectivity index (χ2n) is 9.67. The topological polar surface area (TPSA) is 136 Å². The molecule has 1 aromatic heterocycles. The molecule has 1 saturated heterocycles. The summed E-state index contributed by atoms with van der Waals surface area (Å²) in [6.07, 6.45) is 2.81. The van der Waals surface area contributed by atoms with Crippen LogP contribution in [-0.4, -0.2) is 46.4 Å². The molecule has 1 aliphatic carbocycles. The zero-order valence-electron chi connectivity index (χ0n) is 18.6. The number of hydrogen-bond donors (Lipinski definition) is 3. The van der Waals surface area contributed by atoms with Crippen LogP contribution in [0.25, 0.3) is 10.9 Å². The molecule has 0 spiro atoms. The highest BCUT2D eigenvalue weighted by molar-refractivity contribution is 5.96. The van der Waals surface area contributed by atoms with Crippen molar-refractivity contribution < 1.29 is 23.8 Å². The third kappa shape index (κ3) is 4.11. The lowest BCUT2D eigenvalue weighted by Crippen LogP contribution is -2.45. The summed E-state index contributed by atoms with van der Waals surface area (Å²) >= 11 is 0. The maximum atomic E-state index is 15.2. The molecule has 2 aromatic rings. The fourth-order valence-corrected chi connectivity index (χ4v) is 4.59. The van der Waals surface area contributed by atoms with E-state index >= 15 is 4.39 Å². The number of fused-ring (bicyclic) bond motifs is 1. The van der Waals surface area contributed by atoms with E-state index in [-0.39, 0.29) is 28.1 Å². The lowest BCUT2D eigenvalue weighted by molar-refractivity contribution is 0.0477. The van der Waals surface area contributed by atoms with Crippen molar-refractivity contribution in [3.05, 3.63) is 39.4 Å². The van der Waals surface area contributed by atoms with E-state index in [1.165, 1.54) is 0 Å². The van der Waals surface area contributed by atoms with E-state index in [1.807, 2.05) is 6.07 Å². The number of aromatic nitrogens is 1. The van der Waals surface area contributed by atoms with Crippen LogP contribution in [-0.2, 0) is 4.74 Å². The van der Waals surface area contributed by atoms with Gasteiger partial charge in [0, 0.05) is 30.7 Å². The minimum atomic E-state index is -1.43. The van der Waals surface area contributed by atoms with Crippen molar-refractivity contribution >= 4 is 28.7 Å². The Labute approximate surface area is 189 Å². The van der Waals surface area contributed by atoms with Crippen LogP contribution < -0.4 is 15.6 Å². The number of carbonyl (C=O) groups is 2. The molecule has 1 atom stereocenters. The van der Waals surface area contributed by atoms with Crippen molar-refractivity contribution in [2.75, 3.05) is 18.0 Å². The van der Waals surface area contributed by atoms with E-state index in [0.717, 1.165) is 25.1 Å². The van der Waals surface area contributed by atoms with Gasteiger partial charge in [-0.1, -0.05) is 0 Å². The lowest BCUT2D eigenvalue weighted by atomic mass is 9.96. The highest BCUT2D eigenvalue weighted by Crippen LogP contribution is 2.47. The predicted octanol–water partition coefficient (Wildman–Crippen LogP) is 3.12. The van der Waals surface area contributed by atoms with Gasteiger partial charge >= 0.3 is 12.1 Å². The number of alkyl carbamates (subject to hydrolysis) is 1. The van der Waals surface area contributed by atoms with E-state index < -0.39 is 40.0 Å². The number of aromatic carboxylic acids is 1. The number of rotatable bonds is 4. The first-order chi connectivity index (χ1) is 15.5. The number of carboxylic acid groups (broad SMARTS) is 1. The predicted molar refractivity (Wildman–Crippen MR) is 118 cm³/mol. The van der Waals surface area contributed by atoms with Crippen molar-refractivity contribution in [3.63, 3.8) is 0 Å². The Morgan fingerprint density at radius 3 is 2.67 bits per heavy atom. The molecule has 174 valence electrons. The van der Waals surface area contributed by atoms with Gasteiger partial charge in [-0.25, -0.2) is 14.0 Å². The number of H-pyrrole nitrogens is 1. The van der Waals surface area contributed by atoms with E-state index in [9.17, 15) is 19.6 Å². The average molecular weight is 456 g/mol. The number of benzene rings is 1. The molecule has 10 heteroatoms. The number of ether oxygens (including phenoxy) is 1. The quantitative estimate of drug-likeness (QED) is 0.643. The summed E-state index contributed by atoms with van der Waals surface area (Å²) in [5, 5.41) is 21.7. The number of carboxylic acids is 1. The van der Waals surface area contributed by atoms with Crippen LogP contribution in [0.4, 0.5) is 14.9 Å². The largest absolute Gasteiger partial charge is 0.477 e. The van der Waals surface area contributed by atoms with Crippen molar-refractivity contribution in [2.24, 2.45) is 5.92 Å². The van der Waals surface area contributed by atoms with E-state index in [4.69, 9.17) is 9.84 Å². The average Bonchev–Trinajstić information content (AvgIpc) is 3.30. The van der Waals surface area contributed by atoms with Crippen LogP contribution >= 0.6 is 0 Å². The highest BCUT2D eigenvalue weighted by Gasteiger charge is 2.53. The van der Waals surface area contributed by atoms with Gasteiger partial charge in [0.25, 0.3) is 0 Å². The Balaban J connectivity index is 1.63. The second kappa shape index (κ2) is 7.76. The second-order valence-corrected chi connectivity index (χ2v) is 9.67. The number of carbonyl (C=O) groups excluding carboxylic acids is 1. The Morgan fingerprint density at radius 1 is 1.39 bits per heavy atom. The van der Waals surface area contributed by atoms with Gasteiger partial charge in [-0.2, -0.15) is 5.26 Å². The maximum absolute atomic E-state index is 15.2. The summed E-state index contributed by atoms with van der Waals surface area (Å²) < 4.78 is 20.6. The van der Waals surface area contributed by atoms with Gasteiger partial charge in [0.1, 0.15) is 28.6 Å². The van der Waals surface area contributed by atoms with Crippen molar-refractivity contribution in [3.8, 4) is 6.07 Å². The van der Waals surface area contributed by atoms with E-state index in [2.05, 4.69) is 10.3 Å². The normalized spacial score (nSPS) is 19.2. The van der Waals surface area contributed by atoms with Gasteiger partial charge < -0.3 is 25.0 Å². The summed E-state index contributed by atoms with van der Waals surface area (Å²) in [7, 11) is 0. The number of nitrogens with zero attached hydrogens (tertiary/aromatic N) is 2. The molecule has 1 amide bonds. The molecular weight excluding hydrogens is 431 g/mol. The fraction of sp³-hybridized carbons (Fsp3) is 0.478. The summed E-state index contributed by atoms with van der Waals surface area (Å²) in [6.45, 7) is 6.26. The molecular formula is C23H25FN4O5. The van der Waals surface area contributed by atoms with Gasteiger partial charge in [-0.3, -0.25) is 4.79 Å². The Morgan fingerprint density at radius 2 is 2.09 bits per heavy atom. The number of nitrogens with one attached hydrogen (secondary N) is 2. The van der Waals surface area contributed by atoms with Crippen LogP contribution in [0.5, 0.6) is 0 Å². The number of aromatic amines is 1.